The molecule has 0 rings (SSSR count). The van der Waals surface area contributed by atoms with Crippen molar-refractivity contribution in [2.24, 2.45) is 0 Å². The Labute approximate surface area is 136 Å². The van der Waals surface area contributed by atoms with Gasteiger partial charge in [0.15, 0.2) is 0 Å². The molecule has 42 valence electrons. The van der Waals surface area contributed by atoms with Gasteiger partial charge in [-0.05, 0) is 0 Å². The van der Waals surface area contributed by atoms with Crippen molar-refractivity contribution in [1.82, 2.24) is 0 Å². The molecule has 0 aliphatic carbocycles. The zero-order valence-corrected chi connectivity index (χ0v) is 8.47. The third-order valence-electron chi connectivity index (χ3n) is 0. The summed E-state index contributed by atoms with van der Waals surface area (Å²) in [5.74, 6) is 0. The van der Waals surface area contributed by atoms with Crippen molar-refractivity contribution >= 4 is 58.6 Å². The van der Waals surface area contributed by atoms with Crippen LogP contribution in [-0.4, -0.2) is 58.6 Å². The minimum Gasteiger partial charge on any atom is 1.00 e. The summed E-state index contributed by atoms with van der Waals surface area (Å²) in [6, 6.07) is 0. The van der Waals surface area contributed by atoms with Crippen LogP contribution in [0.5, 0.6) is 0 Å². The first-order chi connectivity index (χ1) is 2.00. The van der Waals surface area contributed by atoms with Crippen molar-refractivity contribution in [3.63, 3.8) is 0 Å². The molecule has 0 unspecified atom stereocenters. The molecule has 0 radical (unpaired) electrons. The maximum absolute atomic E-state index is 9.75. The molecule has 0 aliphatic heterocycles. The van der Waals surface area contributed by atoms with E-state index in [2.05, 4.69) is 0 Å². The number of hydrogen-bond donors (Lipinski definition) is 0. The summed E-state index contributed by atoms with van der Waals surface area (Å²) in [5, 5.41) is 0. The Kier molecular flexibility index (Phi) is 45.5. The van der Waals surface area contributed by atoms with Crippen molar-refractivity contribution in [2.45, 2.75) is 0 Å². The summed E-state index contributed by atoms with van der Waals surface area (Å²) < 4.78 is 39.0. The molecule has 0 nitrogen and oxygen atoms in total. The summed E-state index contributed by atoms with van der Waals surface area (Å²) in [6.45, 7) is 0. The molecule has 0 aromatic rings. The van der Waals surface area contributed by atoms with Crippen LogP contribution in [0.25, 0.3) is 0 Å². The van der Waals surface area contributed by atoms with Gasteiger partial charge in [-0.3, -0.25) is 0 Å². The zero-order valence-electron chi connectivity index (χ0n) is 4.47. The number of hydrogen-bond acceptors (Lipinski definition) is 0. The molecule has 9 heteroatoms. The second-order valence-electron chi connectivity index (χ2n) is 0.495. The minimum absolute atomic E-state index is 0. The van der Waals surface area contributed by atoms with Crippen LogP contribution >= 0.6 is 0 Å². The van der Waals surface area contributed by atoms with Crippen molar-refractivity contribution in [2.75, 3.05) is 0 Å². The molecule has 0 aromatic carbocycles. The quantitative estimate of drug-likeness (QED) is 0.264. The minimum atomic E-state index is -6.00. The van der Waals surface area contributed by atoms with Crippen LogP contribution in [0.2, 0.25) is 0 Å². The third-order valence-corrected chi connectivity index (χ3v) is 0. The number of rotatable bonds is 0. The fourth-order valence-corrected chi connectivity index (χ4v) is 0. The molecule has 0 saturated carbocycles. The van der Waals surface area contributed by atoms with Crippen molar-refractivity contribution in [3.8, 4) is 0 Å². The molecule has 9 heavy (non-hydrogen) atoms. The van der Waals surface area contributed by atoms with Gasteiger partial charge in [0.25, 0.3) is 0 Å². The van der Waals surface area contributed by atoms with E-state index < -0.39 is 7.25 Å². The van der Waals surface area contributed by atoms with Crippen molar-refractivity contribution in [1.29, 1.82) is 0 Å². The zero-order chi connectivity index (χ0) is 4.50. The van der Waals surface area contributed by atoms with Gasteiger partial charge >= 0.3 is 118 Å². The van der Waals surface area contributed by atoms with E-state index in [1.807, 2.05) is 0 Å². The molecule has 0 spiro atoms. The Balaban J connectivity index is -0.0000000133. The SMILES string of the molecule is F[B-](F)(F)F.[F-].[KH].[Na+].[Na+]. The Morgan fingerprint density at radius 1 is 0.778 bits per heavy atom. The molecule has 0 aliphatic rings. The van der Waals surface area contributed by atoms with E-state index in [-0.39, 0.29) is 115 Å². The second-order valence-corrected chi connectivity index (χ2v) is 0.495. The molecule has 0 fully saturated rings. The van der Waals surface area contributed by atoms with Gasteiger partial charge in [0.1, 0.15) is 0 Å². The van der Waals surface area contributed by atoms with E-state index in [0.29, 0.717) is 0 Å². The monoisotopic (exact) mass is 192 g/mol. The van der Waals surface area contributed by atoms with Crippen LogP contribution in [-0.2, 0) is 0 Å². The van der Waals surface area contributed by atoms with Gasteiger partial charge in [-0.2, -0.15) is 0 Å². The van der Waals surface area contributed by atoms with Crippen LogP contribution in [0.15, 0.2) is 0 Å². The van der Waals surface area contributed by atoms with Gasteiger partial charge in [-0.25, -0.2) is 0 Å². The van der Waals surface area contributed by atoms with E-state index in [1.165, 1.54) is 0 Å². The van der Waals surface area contributed by atoms with E-state index in [4.69, 9.17) is 0 Å². The maximum Gasteiger partial charge on any atom is 1.00 e. The van der Waals surface area contributed by atoms with Crippen molar-refractivity contribution < 1.29 is 81.1 Å². The fraction of sp³-hybridized carbons (Fsp3) is 0. The Bertz CT molecular complexity index is 30.4. The summed E-state index contributed by atoms with van der Waals surface area (Å²) in [4.78, 5) is 0. The largest absolute Gasteiger partial charge is 1.00 e. The summed E-state index contributed by atoms with van der Waals surface area (Å²) in [7, 11) is -6.00. The topological polar surface area (TPSA) is 0 Å². The Morgan fingerprint density at radius 2 is 0.778 bits per heavy atom. The Morgan fingerprint density at radius 3 is 0.778 bits per heavy atom. The second kappa shape index (κ2) is 13.9. The molecule has 0 heterocycles. The first kappa shape index (κ1) is 29.4. The predicted molar refractivity (Wildman–Crippen MR) is 17.3 cm³/mol. The molecule has 0 amide bonds. The average Bonchev–Trinajstić information content (AvgIpc) is 0.722. The smallest absolute Gasteiger partial charge is 1.00 e. The van der Waals surface area contributed by atoms with E-state index in [1.54, 1.807) is 0 Å². The van der Waals surface area contributed by atoms with Crippen molar-refractivity contribution in [3.05, 3.63) is 0 Å². The van der Waals surface area contributed by atoms with Gasteiger partial charge in [-0.15, -0.1) is 0 Å². The standard InChI is InChI=1S/BF4.FH.K.2Na.H/c2-1(3,4)5;;;;;/h;1H;;;;/q-1;;;2*+1;/p-1. The molecule has 0 bridgehead atoms. The molecule has 0 saturated heterocycles. The molecular weight excluding hydrogens is 191 g/mol. The molecule has 0 N–H and O–H groups in total. The first-order valence-electron chi connectivity index (χ1n) is 0.873. The third kappa shape index (κ3) is 88.4. The van der Waals surface area contributed by atoms with Gasteiger partial charge < -0.3 is 22.0 Å². The van der Waals surface area contributed by atoms with E-state index in [0.717, 1.165) is 0 Å². The predicted octanol–water partition coefficient (Wildman–Crippen LogP) is -8.34. The normalized spacial score (nSPS) is 6.67. The van der Waals surface area contributed by atoms with Crippen LogP contribution < -0.4 is 63.8 Å². The fourth-order valence-electron chi connectivity index (χ4n) is 0. The number of halogens is 5. The van der Waals surface area contributed by atoms with Crippen LogP contribution in [0, 0.1) is 0 Å². The van der Waals surface area contributed by atoms with E-state index >= 15 is 0 Å². The van der Waals surface area contributed by atoms with Gasteiger partial charge in [0.05, 0.1) is 0 Å². The van der Waals surface area contributed by atoms with Crippen LogP contribution in [0.1, 0.15) is 0 Å². The summed E-state index contributed by atoms with van der Waals surface area (Å²) in [6.07, 6.45) is 0. The van der Waals surface area contributed by atoms with Gasteiger partial charge in [-0.1, -0.05) is 0 Å². The maximum atomic E-state index is 9.75. The Hall–Kier alpha value is 3.35. The van der Waals surface area contributed by atoms with Gasteiger partial charge in [0, 0.05) is 0 Å². The summed E-state index contributed by atoms with van der Waals surface area (Å²) >= 11 is 0. The van der Waals surface area contributed by atoms with E-state index in [9.17, 15) is 17.3 Å². The summed E-state index contributed by atoms with van der Waals surface area (Å²) in [5.41, 5.74) is 0. The van der Waals surface area contributed by atoms with Crippen LogP contribution in [0.4, 0.5) is 17.3 Å². The first-order valence-corrected chi connectivity index (χ1v) is 0.873. The van der Waals surface area contributed by atoms with Crippen LogP contribution in [0.3, 0.4) is 0 Å². The average molecular weight is 192 g/mol. The van der Waals surface area contributed by atoms with Gasteiger partial charge in [0.2, 0.25) is 0 Å². The molecule has 0 atom stereocenters. The molecular formula is HBF5KNa2. The molecule has 0 aromatic heterocycles.